The fraction of sp³-hybridized carbons (Fsp3) is 0.458. The van der Waals surface area contributed by atoms with Crippen LogP contribution >= 0.6 is 22.9 Å². The van der Waals surface area contributed by atoms with Crippen molar-refractivity contribution in [2.45, 2.75) is 33.4 Å². The summed E-state index contributed by atoms with van der Waals surface area (Å²) in [7, 11) is 0. The summed E-state index contributed by atoms with van der Waals surface area (Å²) in [6.07, 6.45) is 2.55. The van der Waals surface area contributed by atoms with E-state index in [4.69, 9.17) is 26.2 Å². The van der Waals surface area contributed by atoms with Crippen molar-refractivity contribution in [3.05, 3.63) is 50.9 Å². The van der Waals surface area contributed by atoms with E-state index in [1.807, 2.05) is 22.4 Å². The van der Waals surface area contributed by atoms with Crippen molar-refractivity contribution in [1.29, 1.82) is 0 Å². The van der Waals surface area contributed by atoms with E-state index in [-0.39, 0.29) is 32.3 Å². The molecule has 0 atom stereocenters. The number of nitrogens with zero attached hydrogens (tertiary/aromatic N) is 3. The lowest BCUT2D eigenvalue weighted by Crippen LogP contribution is -2.39. The lowest BCUT2D eigenvalue weighted by atomic mass is 9.95. The molecule has 3 aromatic rings. The maximum absolute atomic E-state index is 12.8. The fourth-order valence-electron chi connectivity index (χ4n) is 4.01. The first-order valence-corrected chi connectivity index (χ1v) is 12.4. The van der Waals surface area contributed by atoms with Gasteiger partial charge in [0, 0.05) is 23.8 Å². The maximum atomic E-state index is 12.8. The van der Waals surface area contributed by atoms with E-state index < -0.39 is 11.4 Å². The molecule has 4 heterocycles. The Morgan fingerprint density at radius 3 is 2.82 bits per heavy atom. The molecular weight excluding hydrogens is 478 g/mol. The van der Waals surface area contributed by atoms with Crippen LogP contribution in [0.25, 0.3) is 11.0 Å². The van der Waals surface area contributed by atoms with Gasteiger partial charge in [0.15, 0.2) is 0 Å². The molecule has 3 aromatic heterocycles. The molecule has 1 N–H and O–H groups in total. The third-order valence-electron chi connectivity index (χ3n) is 5.97. The Labute approximate surface area is 207 Å². The molecule has 0 fully saturated rings. The van der Waals surface area contributed by atoms with E-state index in [9.17, 15) is 9.59 Å². The lowest BCUT2D eigenvalue weighted by Gasteiger charge is -2.28. The maximum Gasteiger partial charge on any atom is 0.311 e. The molecule has 1 amide bonds. The number of carbonyl (C=O) groups excluding carboxylic acids is 1. The molecule has 0 unspecified atom stereocenters. The Bertz CT molecular complexity index is 1190. The van der Waals surface area contributed by atoms with Gasteiger partial charge >= 0.3 is 5.97 Å². The van der Waals surface area contributed by atoms with Gasteiger partial charge in [-0.25, -0.2) is 4.98 Å². The minimum atomic E-state index is -0.955. The van der Waals surface area contributed by atoms with Gasteiger partial charge in [-0.1, -0.05) is 11.6 Å². The number of carboxylic acids is 1. The number of carbonyl (C=O) groups is 2. The molecule has 0 saturated heterocycles. The molecule has 182 valence electrons. The summed E-state index contributed by atoms with van der Waals surface area (Å²) < 4.78 is 13.8. The highest BCUT2D eigenvalue weighted by Crippen LogP contribution is 2.31. The average Bonchev–Trinajstić information content (AvgIpc) is 3.36. The normalized spacial score (nSPS) is 13.9. The number of aromatic nitrogens is 2. The third kappa shape index (κ3) is 5.43. The van der Waals surface area contributed by atoms with Gasteiger partial charge < -0.3 is 24.0 Å². The van der Waals surface area contributed by atoms with E-state index in [2.05, 4.69) is 15.6 Å². The minimum absolute atomic E-state index is 0.0420. The quantitative estimate of drug-likeness (QED) is 0.421. The van der Waals surface area contributed by atoms with E-state index in [1.54, 1.807) is 20.0 Å². The molecule has 0 aliphatic carbocycles. The zero-order valence-corrected chi connectivity index (χ0v) is 20.8. The average molecular weight is 506 g/mol. The van der Waals surface area contributed by atoms with Crippen molar-refractivity contribution < 1.29 is 24.2 Å². The molecule has 0 spiro atoms. The molecule has 0 radical (unpaired) electrons. The smallest absolute Gasteiger partial charge is 0.311 e. The van der Waals surface area contributed by atoms with Gasteiger partial charge in [0.1, 0.15) is 12.3 Å². The van der Waals surface area contributed by atoms with Crippen LogP contribution in [-0.4, -0.2) is 64.4 Å². The number of amides is 1. The largest absolute Gasteiger partial charge is 0.481 e. The number of hydrogen-bond donors (Lipinski definition) is 1. The van der Waals surface area contributed by atoms with Crippen LogP contribution in [0.3, 0.4) is 0 Å². The first-order valence-electron chi connectivity index (χ1n) is 11.1. The number of carboxylic acid groups (broad SMARTS) is 1. The minimum Gasteiger partial charge on any atom is -0.481 e. The topological polar surface area (TPSA) is 93.9 Å². The van der Waals surface area contributed by atoms with E-state index in [1.165, 1.54) is 16.9 Å². The van der Waals surface area contributed by atoms with Gasteiger partial charge in [0.05, 0.1) is 42.7 Å². The second-order valence-corrected chi connectivity index (χ2v) is 10.5. The first kappa shape index (κ1) is 24.7. The number of hydrogen-bond acceptors (Lipinski definition) is 6. The zero-order chi connectivity index (χ0) is 24.3. The highest BCUT2D eigenvalue weighted by atomic mass is 35.5. The van der Waals surface area contributed by atoms with Crippen molar-refractivity contribution in [1.82, 2.24) is 14.5 Å². The number of rotatable bonds is 10. The van der Waals surface area contributed by atoms with Crippen LogP contribution in [0.4, 0.5) is 0 Å². The number of ether oxygens (including phenoxy) is 2. The highest BCUT2D eigenvalue weighted by molar-refractivity contribution is 7.14. The summed E-state index contributed by atoms with van der Waals surface area (Å²) in [4.78, 5) is 30.4. The number of aliphatic carboxylic acids is 1. The van der Waals surface area contributed by atoms with Crippen molar-refractivity contribution in [3.63, 3.8) is 0 Å². The Morgan fingerprint density at radius 1 is 1.29 bits per heavy atom. The Balaban J connectivity index is 1.37. The van der Waals surface area contributed by atoms with E-state index >= 15 is 0 Å². The van der Waals surface area contributed by atoms with Crippen LogP contribution in [0, 0.1) is 5.41 Å². The fourth-order valence-corrected chi connectivity index (χ4v) is 4.91. The van der Waals surface area contributed by atoms with Crippen molar-refractivity contribution in [3.8, 4) is 0 Å². The van der Waals surface area contributed by atoms with Crippen molar-refractivity contribution in [2.24, 2.45) is 5.41 Å². The van der Waals surface area contributed by atoms with Gasteiger partial charge in [-0.15, -0.1) is 11.3 Å². The lowest BCUT2D eigenvalue weighted by molar-refractivity contribution is -0.150. The van der Waals surface area contributed by atoms with Crippen LogP contribution < -0.4 is 0 Å². The highest BCUT2D eigenvalue weighted by Gasteiger charge is 2.28. The summed E-state index contributed by atoms with van der Waals surface area (Å²) in [5.74, 6) is -0.998. The zero-order valence-electron chi connectivity index (χ0n) is 19.3. The van der Waals surface area contributed by atoms with E-state index in [0.717, 1.165) is 33.0 Å². The van der Waals surface area contributed by atoms with Gasteiger partial charge in [-0.05, 0) is 55.0 Å². The molecule has 34 heavy (non-hydrogen) atoms. The monoisotopic (exact) mass is 505 g/mol. The third-order valence-corrected chi connectivity index (χ3v) is 7.11. The van der Waals surface area contributed by atoms with Crippen LogP contribution in [0.1, 0.15) is 30.7 Å². The number of halogens is 1. The second kappa shape index (κ2) is 10.4. The van der Waals surface area contributed by atoms with Crippen LogP contribution in [0.15, 0.2) is 29.8 Å². The summed E-state index contributed by atoms with van der Waals surface area (Å²) in [6, 6.07) is 6.00. The first-order chi connectivity index (χ1) is 16.3. The van der Waals surface area contributed by atoms with Crippen LogP contribution in [0.5, 0.6) is 0 Å². The van der Waals surface area contributed by atoms with Crippen LogP contribution in [0.2, 0.25) is 4.34 Å². The standard InChI is InChI=1S/C24H28ClN3O5S/c1-24(2,23(30)31)15-33-9-8-32-13-21(29)27-7-5-17-18-4-3-6-26-22(18)28(19(17)12-27)11-16-10-20(25)34-14-16/h3-4,6,10,14H,5,7-9,11-13,15H2,1-2H3,(H,30,31). The van der Waals surface area contributed by atoms with Crippen LogP contribution in [-0.2, 0) is 38.6 Å². The van der Waals surface area contributed by atoms with Gasteiger partial charge in [-0.3, -0.25) is 9.59 Å². The molecule has 4 rings (SSSR count). The SMILES string of the molecule is CC(C)(COCCOCC(=O)N1CCc2c(n(Cc3csc(Cl)c3)c3ncccc23)C1)C(=O)O. The predicted molar refractivity (Wildman–Crippen MR) is 130 cm³/mol. The van der Waals surface area contributed by atoms with Crippen molar-refractivity contribution in [2.75, 3.05) is 33.0 Å². The molecule has 0 bridgehead atoms. The van der Waals surface area contributed by atoms with Gasteiger partial charge in [0.2, 0.25) is 5.91 Å². The summed E-state index contributed by atoms with van der Waals surface area (Å²) in [5, 5.41) is 12.3. The molecule has 1 aliphatic heterocycles. The predicted octanol–water partition coefficient (Wildman–Crippen LogP) is 3.83. The molecule has 10 heteroatoms. The number of thiophene rings is 1. The summed E-state index contributed by atoms with van der Waals surface area (Å²) >= 11 is 7.64. The Kier molecular flexibility index (Phi) is 7.57. The molecule has 0 aromatic carbocycles. The number of fused-ring (bicyclic) bond motifs is 3. The Morgan fingerprint density at radius 2 is 2.09 bits per heavy atom. The summed E-state index contributed by atoms with van der Waals surface area (Å²) in [5.41, 5.74) is 3.40. The molecular formula is C24H28ClN3O5S. The molecule has 1 aliphatic rings. The van der Waals surface area contributed by atoms with Crippen molar-refractivity contribution >= 4 is 45.8 Å². The number of pyridine rings is 1. The second-order valence-electron chi connectivity index (χ2n) is 9.00. The molecule has 8 nitrogen and oxygen atoms in total. The summed E-state index contributed by atoms with van der Waals surface area (Å²) in [6.45, 7) is 5.47. The Hall–Kier alpha value is -2.46. The van der Waals surface area contributed by atoms with Gasteiger partial charge in [-0.2, -0.15) is 0 Å². The van der Waals surface area contributed by atoms with E-state index in [0.29, 0.717) is 19.6 Å². The molecule has 0 saturated carbocycles. The van der Waals surface area contributed by atoms with Gasteiger partial charge in [0.25, 0.3) is 0 Å².